The van der Waals surface area contributed by atoms with E-state index in [1.807, 2.05) is 6.07 Å². The molecule has 5 nitrogen and oxygen atoms in total. The van der Waals surface area contributed by atoms with Crippen LogP contribution in [0.15, 0.2) is 42.5 Å². The van der Waals surface area contributed by atoms with Gasteiger partial charge in [-0.3, -0.25) is 9.80 Å². The Balaban J connectivity index is 1.21. The van der Waals surface area contributed by atoms with Gasteiger partial charge in [0.05, 0.1) is 11.0 Å². The number of hydrogen-bond acceptors (Lipinski definition) is 4. The number of imidazole rings is 1. The fourth-order valence-corrected chi connectivity index (χ4v) is 6.02. The van der Waals surface area contributed by atoms with Gasteiger partial charge < -0.3 is 9.47 Å². The van der Waals surface area contributed by atoms with Gasteiger partial charge in [-0.25, -0.2) is 4.98 Å². The minimum absolute atomic E-state index is 0.591. The summed E-state index contributed by atoms with van der Waals surface area (Å²) in [4.78, 5) is 12.9. The van der Waals surface area contributed by atoms with E-state index in [4.69, 9.17) is 16.6 Å². The van der Waals surface area contributed by atoms with E-state index in [1.54, 1.807) is 0 Å². The summed E-state index contributed by atoms with van der Waals surface area (Å²) in [5.41, 5.74) is 5.01. The number of piperazine rings is 1. The number of piperidine rings is 1. The summed E-state index contributed by atoms with van der Waals surface area (Å²) in [6.45, 7) is 11.1. The lowest BCUT2D eigenvalue weighted by Crippen LogP contribution is -2.58. The van der Waals surface area contributed by atoms with Gasteiger partial charge >= 0.3 is 0 Å². The molecule has 2 aromatic carbocycles. The van der Waals surface area contributed by atoms with E-state index < -0.39 is 0 Å². The van der Waals surface area contributed by atoms with Crippen molar-refractivity contribution in [1.82, 2.24) is 19.4 Å². The zero-order valence-corrected chi connectivity index (χ0v) is 20.9. The van der Waals surface area contributed by atoms with Gasteiger partial charge in [0, 0.05) is 50.3 Å². The second-order valence-corrected chi connectivity index (χ2v) is 10.2. The first kappa shape index (κ1) is 22.7. The molecule has 0 spiro atoms. The van der Waals surface area contributed by atoms with Crippen molar-refractivity contribution >= 4 is 28.6 Å². The van der Waals surface area contributed by atoms with Crippen molar-refractivity contribution in [2.45, 2.75) is 51.7 Å². The zero-order chi connectivity index (χ0) is 22.9. The van der Waals surface area contributed by atoms with Gasteiger partial charge in [-0.15, -0.1) is 0 Å². The molecule has 0 amide bonds. The fraction of sp³-hybridized carbons (Fsp3) is 0.519. The summed E-state index contributed by atoms with van der Waals surface area (Å²) >= 11 is 6.14. The molecule has 1 atom stereocenters. The highest BCUT2D eigenvalue weighted by atomic mass is 35.5. The van der Waals surface area contributed by atoms with Crippen LogP contribution in [0.2, 0.25) is 5.02 Å². The van der Waals surface area contributed by atoms with E-state index in [1.165, 1.54) is 49.0 Å². The minimum atomic E-state index is 0.591. The Bertz CT molecular complexity index is 1100. The molecule has 33 heavy (non-hydrogen) atoms. The maximum absolute atomic E-state index is 6.14. The largest absolute Gasteiger partial charge is 0.339 e. The number of benzene rings is 2. The van der Waals surface area contributed by atoms with Crippen molar-refractivity contribution in [3.05, 3.63) is 58.6 Å². The number of nitrogens with zero attached hydrogens (tertiary/aromatic N) is 5. The molecule has 0 bridgehead atoms. The second kappa shape index (κ2) is 9.65. The highest BCUT2D eigenvalue weighted by Gasteiger charge is 2.34. The first-order chi connectivity index (χ1) is 16.0. The van der Waals surface area contributed by atoms with Gasteiger partial charge in [0.1, 0.15) is 0 Å². The molecule has 0 N–H and O–H groups in total. The predicted octanol–water partition coefficient (Wildman–Crippen LogP) is 5.10. The predicted molar refractivity (Wildman–Crippen MR) is 138 cm³/mol. The molecule has 0 saturated carbocycles. The highest BCUT2D eigenvalue weighted by Crippen LogP contribution is 2.28. The summed E-state index contributed by atoms with van der Waals surface area (Å²) in [6.07, 6.45) is 3.70. The smallest absolute Gasteiger partial charge is 0.206 e. The van der Waals surface area contributed by atoms with Crippen LogP contribution in [0.3, 0.4) is 0 Å². The normalized spacial score (nSPS) is 21.2. The first-order valence-corrected chi connectivity index (χ1v) is 12.8. The van der Waals surface area contributed by atoms with Gasteiger partial charge in [-0.2, -0.15) is 0 Å². The molecule has 0 aliphatic carbocycles. The molecule has 0 unspecified atom stereocenters. The van der Waals surface area contributed by atoms with Crippen LogP contribution in [0, 0.1) is 6.92 Å². The number of hydrogen-bond donors (Lipinski definition) is 0. The Morgan fingerprint density at radius 2 is 1.82 bits per heavy atom. The van der Waals surface area contributed by atoms with E-state index in [9.17, 15) is 0 Å². The molecule has 2 fully saturated rings. The van der Waals surface area contributed by atoms with E-state index in [0.717, 1.165) is 42.7 Å². The van der Waals surface area contributed by atoms with Gasteiger partial charge in [-0.1, -0.05) is 36.7 Å². The lowest BCUT2D eigenvalue weighted by Gasteiger charge is -2.47. The number of fused-ring (bicyclic) bond motifs is 1. The SMILES string of the molecule is CC[C@H]1CN(c2nc3ccccc3n2C)CCN1C1CCN(Cc2ccc(Cl)cc2C)CC1. The van der Waals surface area contributed by atoms with Crippen LogP contribution in [0.5, 0.6) is 0 Å². The van der Waals surface area contributed by atoms with Crippen LogP contribution in [-0.4, -0.2) is 64.2 Å². The number of aryl methyl sites for hydroxylation is 2. The monoisotopic (exact) mass is 465 g/mol. The topological polar surface area (TPSA) is 27.5 Å². The summed E-state index contributed by atoms with van der Waals surface area (Å²) in [5, 5.41) is 0.832. The molecule has 6 heteroatoms. The van der Waals surface area contributed by atoms with Crippen molar-refractivity contribution in [2.24, 2.45) is 7.05 Å². The molecular weight excluding hydrogens is 430 g/mol. The molecule has 2 aliphatic rings. The van der Waals surface area contributed by atoms with E-state index in [2.05, 4.69) is 76.6 Å². The molecule has 3 heterocycles. The third-order valence-electron chi connectivity index (χ3n) is 7.77. The zero-order valence-electron chi connectivity index (χ0n) is 20.2. The molecular formula is C27H36ClN5. The Morgan fingerprint density at radius 3 is 2.55 bits per heavy atom. The second-order valence-electron chi connectivity index (χ2n) is 9.78. The molecule has 3 aromatic rings. The third-order valence-corrected chi connectivity index (χ3v) is 8.01. The van der Waals surface area contributed by atoms with Gasteiger partial charge in [0.25, 0.3) is 0 Å². The Labute approximate surface area is 202 Å². The van der Waals surface area contributed by atoms with E-state index >= 15 is 0 Å². The van der Waals surface area contributed by atoms with Crippen LogP contribution < -0.4 is 4.90 Å². The average Bonchev–Trinajstić information content (AvgIpc) is 3.17. The summed E-state index contributed by atoms with van der Waals surface area (Å²) in [7, 11) is 2.15. The minimum Gasteiger partial charge on any atom is -0.339 e. The fourth-order valence-electron chi connectivity index (χ4n) is 5.80. The number of likely N-dealkylation sites (tertiary alicyclic amines) is 1. The van der Waals surface area contributed by atoms with Crippen LogP contribution in [0.4, 0.5) is 5.95 Å². The summed E-state index contributed by atoms with van der Waals surface area (Å²) in [6, 6.07) is 16.0. The van der Waals surface area contributed by atoms with Crippen LogP contribution in [0.25, 0.3) is 11.0 Å². The molecule has 1 aromatic heterocycles. The average molecular weight is 466 g/mol. The number of aromatic nitrogens is 2. The van der Waals surface area contributed by atoms with Crippen molar-refractivity contribution < 1.29 is 0 Å². The van der Waals surface area contributed by atoms with Crippen LogP contribution in [-0.2, 0) is 13.6 Å². The van der Waals surface area contributed by atoms with Gasteiger partial charge in [0.15, 0.2) is 0 Å². The Morgan fingerprint density at radius 1 is 1.03 bits per heavy atom. The van der Waals surface area contributed by atoms with E-state index in [0.29, 0.717) is 12.1 Å². The maximum atomic E-state index is 6.14. The standard InChI is InChI=1S/C27H36ClN5/c1-4-23-19-32(27-29-25-7-5-6-8-26(25)30(27)3)15-16-33(23)24-11-13-31(14-12-24)18-21-9-10-22(28)17-20(21)2/h5-10,17,23-24H,4,11-16,18-19H2,1-3H3/t23-/m0/s1. The summed E-state index contributed by atoms with van der Waals surface area (Å²) in [5.74, 6) is 1.11. The highest BCUT2D eigenvalue weighted by molar-refractivity contribution is 6.30. The Kier molecular flexibility index (Phi) is 6.64. The van der Waals surface area contributed by atoms with Crippen molar-refractivity contribution in [1.29, 1.82) is 0 Å². The molecule has 176 valence electrons. The number of halogens is 1. The van der Waals surface area contributed by atoms with Gasteiger partial charge in [0.2, 0.25) is 5.95 Å². The number of para-hydroxylation sites is 2. The molecule has 2 saturated heterocycles. The number of anilines is 1. The van der Waals surface area contributed by atoms with Crippen molar-refractivity contribution in [3.8, 4) is 0 Å². The summed E-state index contributed by atoms with van der Waals surface area (Å²) < 4.78 is 2.26. The Hall–Kier alpha value is -2.08. The van der Waals surface area contributed by atoms with Crippen LogP contribution >= 0.6 is 11.6 Å². The van der Waals surface area contributed by atoms with E-state index in [-0.39, 0.29) is 0 Å². The van der Waals surface area contributed by atoms with Crippen molar-refractivity contribution in [3.63, 3.8) is 0 Å². The van der Waals surface area contributed by atoms with Crippen molar-refractivity contribution in [2.75, 3.05) is 37.6 Å². The lowest BCUT2D eigenvalue weighted by atomic mass is 9.97. The maximum Gasteiger partial charge on any atom is 0.206 e. The molecule has 5 rings (SSSR count). The first-order valence-electron chi connectivity index (χ1n) is 12.4. The quantitative estimate of drug-likeness (QED) is 0.524. The van der Waals surface area contributed by atoms with Crippen LogP contribution in [0.1, 0.15) is 37.3 Å². The lowest BCUT2D eigenvalue weighted by molar-refractivity contribution is 0.0607. The number of rotatable bonds is 5. The molecule has 0 radical (unpaired) electrons. The molecule has 2 aliphatic heterocycles. The third kappa shape index (κ3) is 4.64. The van der Waals surface area contributed by atoms with Gasteiger partial charge in [-0.05, 0) is 74.7 Å².